The van der Waals surface area contributed by atoms with Crippen molar-refractivity contribution in [3.63, 3.8) is 0 Å². The minimum atomic E-state index is -0.600. The molecule has 1 N–H and O–H groups in total. The number of carbonyl (C=O) groups is 1. The monoisotopic (exact) mass is 324 g/mol. The molecule has 0 aliphatic carbocycles. The molecule has 0 spiro atoms. The second-order valence-corrected chi connectivity index (χ2v) is 4.95. The van der Waals surface area contributed by atoms with Crippen molar-refractivity contribution in [1.29, 1.82) is 0 Å². The third kappa shape index (κ3) is 3.93. The Balaban J connectivity index is 2.25. The lowest BCUT2D eigenvalue weighted by Gasteiger charge is -2.07. The van der Waals surface area contributed by atoms with Crippen LogP contribution in [0.15, 0.2) is 42.5 Å². The molecule has 0 unspecified atom stereocenters. The number of nitrogens with zero attached hydrogens (tertiary/aromatic N) is 1. The van der Waals surface area contributed by atoms with E-state index in [0.29, 0.717) is 11.6 Å². The molecule has 0 fully saturated rings. The second-order valence-electron chi connectivity index (χ2n) is 4.24. The Morgan fingerprint density at radius 2 is 2.00 bits per heavy atom. The highest BCUT2D eigenvalue weighted by atomic mass is 35.5. The van der Waals surface area contributed by atoms with Gasteiger partial charge in [0.25, 0.3) is 11.6 Å². The van der Waals surface area contributed by atoms with E-state index in [4.69, 9.17) is 23.2 Å². The Morgan fingerprint density at radius 1 is 1.24 bits per heavy atom. The first-order valence-electron chi connectivity index (χ1n) is 5.91. The van der Waals surface area contributed by atoms with Crippen LogP contribution in [0.1, 0.15) is 15.9 Å². The Morgan fingerprint density at radius 3 is 2.67 bits per heavy atom. The van der Waals surface area contributed by atoms with E-state index in [2.05, 4.69) is 5.32 Å². The zero-order valence-electron chi connectivity index (χ0n) is 10.7. The van der Waals surface area contributed by atoms with Gasteiger partial charge < -0.3 is 5.32 Å². The molecule has 2 aromatic carbocycles. The summed E-state index contributed by atoms with van der Waals surface area (Å²) < 4.78 is 0. The molecule has 2 rings (SSSR count). The van der Waals surface area contributed by atoms with Crippen LogP contribution < -0.4 is 5.32 Å². The van der Waals surface area contributed by atoms with E-state index in [1.165, 1.54) is 18.2 Å². The number of anilines is 1. The van der Waals surface area contributed by atoms with Crippen LogP contribution in [0.3, 0.4) is 0 Å². The van der Waals surface area contributed by atoms with Gasteiger partial charge in [-0.1, -0.05) is 23.7 Å². The number of halogens is 2. The number of non-ortho nitro benzene ring substituents is 1. The predicted molar refractivity (Wildman–Crippen MR) is 82.1 cm³/mol. The average Bonchev–Trinajstić information content (AvgIpc) is 2.46. The van der Waals surface area contributed by atoms with Crippen LogP contribution in [0.25, 0.3) is 0 Å². The first kappa shape index (κ1) is 15.3. The van der Waals surface area contributed by atoms with Crippen molar-refractivity contribution in [3.05, 3.63) is 68.7 Å². The highest BCUT2D eigenvalue weighted by Gasteiger charge is 2.14. The summed E-state index contributed by atoms with van der Waals surface area (Å²) in [5, 5.41) is 13.5. The Kier molecular flexibility index (Phi) is 4.77. The molecule has 0 aliphatic rings. The normalized spacial score (nSPS) is 10.2. The molecule has 0 saturated carbocycles. The summed E-state index contributed by atoms with van der Waals surface area (Å²) in [4.78, 5) is 22.3. The summed E-state index contributed by atoms with van der Waals surface area (Å²) in [6.45, 7) is 0. The highest BCUT2D eigenvalue weighted by Crippen LogP contribution is 2.22. The molecular formula is C14H10Cl2N2O3. The molecule has 0 aromatic heterocycles. The van der Waals surface area contributed by atoms with E-state index in [1.54, 1.807) is 18.2 Å². The van der Waals surface area contributed by atoms with E-state index >= 15 is 0 Å². The molecule has 21 heavy (non-hydrogen) atoms. The molecule has 0 heterocycles. The van der Waals surface area contributed by atoms with Crippen molar-refractivity contribution in [2.45, 2.75) is 5.88 Å². The zero-order chi connectivity index (χ0) is 15.4. The Labute approximate surface area is 130 Å². The van der Waals surface area contributed by atoms with Crippen LogP contribution in [0, 0.1) is 10.1 Å². The number of amides is 1. The summed E-state index contributed by atoms with van der Waals surface area (Å²) in [6.07, 6.45) is 0. The average molecular weight is 325 g/mol. The topological polar surface area (TPSA) is 72.2 Å². The second kappa shape index (κ2) is 6.56. The molecular weight excluding hydrogens is 315 g/mol. The largest absolute Gasteiger partial charge is 0.322 e. The standard InChI is InChI=1S/C14H10Cl2N2O3/c15-8-9-2-1-3-12(4-9)17-14(19)10-5-11(16)7-13(6-10)18(20)21/h1-7H,8H2,(H,17,19). The lowest BCUT2D eigenvalue weighted by atomic mass is 10.1. The fourth-order valence-corrected chi connectivity index (χ4v) is 2.14. The van der Waals surface area contributed by atoms with Crippen molar-refractivity contribution in [1.82, 2.24) is 0 Å². The molecule has 1 amide bonds. The summed E-state index contributed by atoms with van der Waals surface area (Å²) in [6, 6.07) is 10.7. The SMILES string of the molecule is O=C(Nc1cccc(CCl)c1)c1cc(Cl)cc([N+](=O)[O-])c1. The maximum absolute atomic E-state index is 12.1. The van der Waals surface area contributed by atoms with Gasteiger partial charge in [0.15, 0.2) is 0 Å². The number of rotatable bonds is 4. The summed E-state index contributed by atoms with van der Waals surface area (Å²) in [5.41, 5.74) is 1.29. The van der Waals surface area contributed by atoms with Gasteiger partial charge in [-0.15, -0.1) is 11.6 Å². The van der Waals surface area contributed by atoms with E-state index in [1.807, 2.05) is 6.07 Å². The van der Waals surface area contributed by atoms with Crippen molar-refractivity contribution >= 4 is 40.5 Å². The number of nitro benzene ring substituents is 1. The molecule has 0 saturated heterocycles. The lowest BCUT2D eigenvalue weighted by molar-refractivity contribution is -0.384. The number of carbonyl (C=O) groups excluding carboxylic acids is 1. The fourth-order valence-electron chi connectivity index (χ4n) is 1.75. The molecule has 108 valence electrons. The Bertz CT molecular complexity index is 704. The third-order valence-corrected chi connectivity index (χ3v) is 3.22. The van der Waals surface area contributed by atoms with E-state index in [-0.39, 0.29) is 16.3 Å². The molecule has 2 aromatic rings. The molecule has 0 bridgehead atoms. The number of alkyl halides is 1. The van der Waals surface area contributed by atoms with Crippen LogP contribution >= 0.6 is 23.2 Å². The van der Waals surface area contributed by atoms with Gasteiger partial charge in [0.1, 0.15) is 0 Å². The van der Waals surface area contributed by atoms with Crippen LogP contribution in [0.5, 0.6) is 0 Å². The van der Waals surface area contributed by atoms with Crippen molar-refractivity contribution < 1.29 is 9.72 Å². The minimum absolute atomic E-state index is 0.116. The fraction of sp³-hybridized carbons (Fsp3) is 0.0714. The van der Waals surface area contributed by atoms with Gasteiger partial charge in [-0.3, -0.25) is 14.9 Å². The predicted octanol–water partition coefficient (Wildman–Crippen LogP) is 4.24. The minimum Gasteiger partial charge on any atom is -0.322 e. The quantitative estimate of drug-likeness (QED) is 0.519. The highest BCUT2D eigenvalue weighted by molar-refractivity contribution is 6.31. The van der Waals surface area contributed by atoms with E-state index < -0.39 is 10.8 Å². The maximum atomic E-state index is 12.1. The zero-order valence-corrected chi connectivity index (χ0v) is 12.2. The van der Waals surface area contributed by atoms with E-state index in [0.717, 1.165) is 5.56 Å². The van der Waals surface area contributed by atoms with Gasteiger partial charge in [-0.2, -0.15) is 0 Å². The first-order chi connectivity index (χ1) is 9.99. The van der Waals surface area contributed by atoms with Gasteiger partial charge in [-0.25, -0.2) is 0 Å². The smallest absolute Gasteiger partial charge is 0.271 e. The van der Waals surface area contributed by atoms with Crippen molar-refractivity contribution in [3.8, 4) is 0 Å². The summed E-state index contributed by atoms with van der Waals surface area (Å²) in [5.74, 6) is -0.154. The van der Waals surface area contributed by atoms with Gasteiger partial charge >= 0.3 is 0 Å². The van der Waals surface area contributed by atoms with Crippen molar-refractivity contribution in [2.75, 3.05) is 5.32 Å². The maximum Gasteiger partial charge on any atom is 0.271 e. The van der Waals surface area contributed by atoms with Crippen LogP contribution in [-0.2, 0) is 5.88 Å². The van der Waals surface area contributed by atoms with Gasteiger partial charge in [0.05, 0.1) is 4.92 Å². The number of hydrogen-bond donors (Lipinski definition) is 1. The molecule has 5 nitrogen and oxygen atoms in total. The first-order valence-corrected chi connectivity index (χ1v) is 6.82. The van der Waals surface area contributed by atoms with E-state index in [9.17, 15) is 14.9 Å². The van der Waals surface area contributed by atoms with Crippen molar-refractivity contribution in [2.24, 2.45) is 0 Å². The molecule has 0 radical (unpaired) electrons. The molecule has 0 atom stereocenters. The van der Waals surface area contributed by atoms with Gasteiger partial charge in [0, 0.05) is 34.3 Å². The number of benzene rings is 2. The molecule has 7 heteroatoms. The van der Waals surface area contributed by atoms with Crippen LogP contribution in [0.2, 0.25) is 5.02 Å². The van der Waals surface area contributed by atoms with Crippen LogP contribution in [0.4, 0.5) is 11.4 Å². The lowest BCUT2D eigenvalue weighted by Crippen LogP contribution is -2.12. The van der Waals surface area contributed by atoms with Gasteiger partial charge in [0.2, 0.25) is 0 Å². The third-order valence-electron chi connectivity index (χ3n) is 2.69. The number of nitro groups is 1. The Hall–Kier alpha value is -2.11. The number of hydrogen-bond acceptors (Lipinski definition) is 3. The molecule has 0 aliphatic heterocycles. The number of nitrogens with one attached hydrogen (secondary N) is 1. The summed E-state index contributed by atoms with van der Waals surface area (Å²) in [7, 11) is 0. The summed E-state index contributed by atoms with van der Waals surface area (Å²) >= 11 is 11.5. The van der Waals surface area contributed by atoms with Gasteiger partial charge in [-0.05, 0) is 23.8 Å². The van der Waals surface area contributed by atoms with Crippen LogP contribution in [-0.4, -0.2) is 10.8 Å².